The molecule has 0 fully saturated rings. The topological polar surface area (TPSA) is 79.8 Å². The molecule has 0 saturated carbocycles. The molecule has 2 aromatic carbocycles. The van der Waals surface area contributed by atoms with Gasteiger partial charge in [-0.3, -0.25) is 4.79 Å². The lowest BCUT2D eigenvalue weighted by Crippen LogP contribution is -2.08. The summed E-state index contributed by atoms with van der Waals surface area (Å²) < 4.78 is 0. The van der Waals surface area contributed by atoms with Crippen molar-refractivity contribution in [1.82, 2.24) is 15.2 Å². The van der Waals surface area contributed by atoms with Crippen LogP contribution in [0.25, 0.3) is 0 Å². The first-order valence-electron chi connectivity index (χ1n) is 8.06. The summed E-state index contributed by atoms with van der Waals surface area (Å²) in [4.78, 5) is 15.9. The van der Waals surface area contributed by atoms with E-state index in [1.54, 1.807) is 18.3 Å². The van der Waals surface area contributed by atoms with Crippen LogP contribution in [0, 0.1) is 0 Å². The van der Waals surface area contributed by atoms with Gasteiger partial charge >= 0.3 is 0 Å². The van der Waals surface area contributed by atoms with Crippen LogP contribution >= 0.6 is 0 Å². The van der Waals surface area contributed by atoms with Crippen molar-refractivity contribution in [2.24, 2.45) is 0 Å². The van der Waals surface area contributed by atoms with E-state index in [0.717, 1.165) is 18.7 Å². The molecule has 0 atom stereocenters. The number of hydrogen-bond acceptors (Lipinski definition) is 6. The maximum atomic E-state index is 11.5. The van der Waals surface area contributed by atoms with E-state index in [1.807, 2.05) is 30.3 Å². The largest absolute Gasteiger partial charge is 0.368 e. The summed E-state index contributed by atoms with van der Waals surface area (Å²) in [6, 6.07) is 17.4. The molecule has 3 rings (SSSR count). The van der Waals surface area contributed by atoms with E-state index in [4.69, 9.17) is 0 Å². The molecule has 126 valence electrons. The molecular formula is C19H19N5O. The molecule has 25 heavy (non-hydrogen) atoms. The molecular weight excluding hydrogens is 314 g/mol. The molecule has 0 unspecified atom stereocenters. The summed E-state index contributed by atoms with van der Waals surface area (Å²) in [7, 11) is 0. The molecule has 6 nitrogen and oxygen atoms in total. The summed E-state index contributed by atoms with van der Waals surface area (Å²) in [6.45, 7) is 2.29. The monoisotopic (exact) mass is 333 g/mol. The van der Waals surface area contributed by atoms with E-state index in [9.17, 15) is 4.79 Å². The Kier molecular flexibility index (Phi) is 5.31. The van der Waals surface area contributed by atoms with Crippen molar-refractivity contribution in [3.05, 3.63) is 71.9 Å². The average Bonchev–Trinajstić information content (AvgIpc) is 2.63. The predicted molar refractivity (Wildman–Crippen MR) is 98.2 cm³/mol. The normalized spacial score (nSPS) is 10.3. The van der Waals surface area contributed by atoms with Crippen LogP contribution < -0.4 is 10.6 Å². The first kappa shape index (κ1) is 16.6. The molecule has 0 aliphatic rings. The van der Waals surface area contributed by atoms with Crippen LogP contribution in [0.1, 0.15) is 22.8 Å². The van der Waals surface area contributed by atoms with Gasteiger partial charge in [-0.2, -0.15) is 10.1 Å². The van der Waals surface area contributed by atoms with Crippen molar-refractivity contribution in [2.45, 2.75) is 13.3 Å². The number of nitrogens with zero attached hydrogens (tertiary/aromatic N) is 3. The number of ketones is 1. The van der Waals surface area contributed by atoms with Crippen LogP contribution in [-0.2, 0) is 6.42 Å². The predicted octanol–water partition coefficient (Wildman–Crippen LogP) is 3.47. The smallest absolute Gasteiger partial charge is 0.249 e. The zero-order valence-electron chi connectivity index (χ0n) is 13.9. The highest BCUT2D eigenvalue weighted by Crippen LogP contribution is 2.15. The van der Waals surface area contributed by atoms with Crippen LogP contribution in [0.3, 0.4) is 0 Å². The Morgan fingerprint density at radius 2 is 1.92 bits per heavy atom. The van der Waals surface area contributed by atoms with Gasteiger partial charge in [0.15, 0.2) is 11.6 Å². The van der Waals surface area contributed by atoms with Gasteiger partial charge in [0.2, 0.25) is 5.95 Å². The molecule has 3 aromatic rings. The molecule has 0 bridgehead atoms. The Bertz CT molecular complexity index is 851. The lowest BCUT2D eigenvalue weighted by atomic mass is 10.1. The fraction of sp³-hybridized carbons (Fsp3) is 0.158. The minimum atomic E-state index is 0.0130. The van der Waals surface area contributed by atoms with Gasteiger partial charge in [-0.05, 0) is 31.0 Å². The van der Waals surface area contributed by atoms with Crippen LogP contribution in [0.5, 0.6) is 0 Å². The number of carbonyl (C=O) groups excluding carboxylic acids is 1. The van der Waals surface area contributed by atoms with Crippen LogP contribution in [0.15, 0.2) is 60.8 Å². The van der Waals surface area contributed by atoms with Crippen molar-refractivity contribution in [3.8, 4) is 0 Å². The number of aromatic nitrogens is 3. The van der Waals surface area contributed by atoms with Crippen LogP contribution in [0.4, 0.5) is 17.5 Å². The van der Waals surface area contributed by atoms with Gasteiger partial charge in [0.1, 0.15) is 0 Å². The van der Waals surface area contributed by atoms with Crippen LogP contribution in [-0.4, -0.2) is 27.5 Å². The van der Waals surface area contributed by atoms with E-state index in [0.29, 0.717) is 17.3 Å². The highest BCUT2D eigenvalue weighted by atomic mass is 16.1. The first-order chi connectivity index (χ1) is 12.2. The molecule has 0 radical (unpaired) electrons. The minimum Gasteiger partial charge on any atom is -0.368 e. The van der Waals surface area contributed by atoms with Crippen molar-refractivity contribution in [3.63, 3.8) is 0 Å². The van der Waals surface area contributed by atoms with Crippen LogP contribution in [0.2, 0.25) is 0 Å². The number of anilines is 3. The summed E-state index contributed by atoms with van der Waals surface area (Å²) in [6.07, 6.45) is 2.48. The van der Waals surface area contributed by atoms with Gasteiger partial charge in [-0.15, -0.1) is 5.10 Å². The number of rotatable bonds is 7. The van der Waals surface area contributed by atoms with Gasteiger partial charge in [-0.25, -0.2) is 0 Å². The quantitative estimate of drug-likeness (QED) is 0.645. The Morgan fingerprint density at radius 3 is 2.72 bits per heavy atom. The third-order valence-electron chi connectivity index (χ3n) is 3.65. The number of carbonyl (C=O) groups is 1. The molecule has 6 heteroatoms. The maximum absolute atomic E-state index is 11.5. The lowest BCUT2D eigenvalue weighted by molar-refractivity contribution is 0.101. The highest BCUT2D eigenvalue weighted by molar-refractivity contribution is 5.95. The zero-order chi connectivity index (χ0) is 17.5. The zero-order valence-corrected chi connectivity index (χ0v) is 13.9. The minimum absolute atomic E-state index is 0.0130. The SMILES string of the molecule is CC(=O)c1cccc(Nc2nncc(NCCc3ccccc3)n2)c1. The van der Waals surface area contributed by atoms with Gasteiger partial charge in [0, 0.05) is 17.8 Å². The summed E-state index contributed by atoms with van der Waals surface area (Å²) in [5.41, 5.74) is 2.64. The molecule has 0 aliphatic carbocycles. The Morgan fingerprint density at radius 1 is 1.08 bits per heavy atom. The maximum Gasteiger partial charge on any atom is 0.249 e. The fourth-order valence-electron chi connectivity index (χ4n) is 2.37. The van der Waals surface area contributed by atoms with Gasteiger partial charge in [-0.1, -0.05) is 42.5 Å². The Labute approximate surface area is 146 Å². The fourth-order valence-corrected chi connectivity index (χ4v) is 2.37. The lowest BCUT2D eigenvalue weighted by Gasteiger charge is -2.08. The highest BCUT2D eigenvalue weighted by Gasteiger charge is 2.04. The van der Waals surface area contributed by atoms with Gasteiger partial charge in [0.25, 0.3) is 0 Å². The molecule has 0 amide bonds. The standard InChI is InChI=1S/C19H19N5O/c1-14(25)16-8-5-9-17(12-16)22-19-23-18(13-21-24-19)20-11-10-15-6-3-2-4-7-15/h2-9,12-13H,10-11H2,1H3,(H2,20,22,23,24). The van der Waals surface area contributed by atoms with E-state index in [2.05, 4.69) is 37.9 Å². The third kappa shape index (κ3) is 4.84. The molecule has 0 saturated heterocycles. The summed E-state index contributed by atoms with van der Waals surface area (Å²) >= 11 is 0. The molecule has 2 N–H and O–H groups in total. The van der Waals surface area contributed by atoms with Crippen molar-refractivity contribution in [2.75, 3.05) is 17.2 Å². The molecule has 0 spiro atoms. The summed E-state index contributed by atoms with van der Waals surface area (Å²) in [5.74, 6) is 1.04. The van der Waals surface area contributed by atoms with E-state index < -0.39 is 0 Å². The second kappa shape index (κ2) is 8.01. The first-order valence-corrected chi connectivity index (χ1v) is 8.06. The number of Topliss-reactive ketones (excluding diaryl/α,β-unsaturated/α-hetero) is 1. The van der Waals surface area contributed by atoms with Crippen molar-refractivity contribution in [1.29, 1.82) is 0 Å². The second-order valence-electron chi connectivity index (χ2n) is 5.59. The van der Waals surface area contributed by atoms with Gasteiger partial charge < -0.3 is 10.6 Å². The number of hydrogen-bond donors (Lipinski definition) is 2. The van der Waals surface area contributed by atoms with E-state index in [-0.39, 0.29) is 5.78 Å². The Balaban J connectivity index is 1.61. The molecule has 0 aliphatic heterocycles. The summed E-state index contributed by atoms with van der Waals surface area (Å²) in [5, 5.41) is 14.2. The second-order valence-corrected chi connectivity index (χ2v) is 5.59. The third-order valence-corrected chi connectivity index (χ3v) is 3.65. The van der Waals surface area contributed by atoms with Crippen molar-refractivity contribution < 1.29 is 4.79 Å². The van der Waals surface area contributed by atoms with Gasteiger partial charge in [0.05, 0.1) is 6.20 Å². The number of nitrogens with one attached hydrogen (secondary N) is 2. The molecule has 1 heterocycles. The Hall–Kier alpha value is -3.28. The van der Waals surface area contributed by atoms with Crippen molar-refractivity contribution >= 4 is 23.2 Å². The van der Waals surface area contributed by atoms with E-state index >= 15 is 0 Å². The average molecular weight is 333 g/mol. The molecule has 1 aromatic heterocycles. The van der Waals surface area contributed by atoms with E-state index in [1.165, 1.54) is 12.5 Å². The number of benzene rings is 2.